The molecule has 3 aliphatic heterocycles. The van der Waals surface area contributed by atoms with Crippen LogP contribution < -0.4 is 10.1 Å². The number of rotatable bonds is 10. The van der Waals surface area contributed by atoms with E-state index < -0.39 is 72.3 Å². The first-order valence-corrected chi connectivity index (χ1v) is 20.4. The third-order valence-corrected chi connectivity index (χ3v) is 11.6. The predicted octanol–water partition coefficient (Wildman–Crippen LogP) is 5.81. The summed E-state index contributed by atoms with van der Waals surface area (Å²) in [6.07, 6.45) is 0.431. The molecule has 15 heteroatoms. The molecular formula is C44H55N3O12. The van der Waals surface area contributed by atoms with E-state index in [4.69, 9.17) is 23.7 Å². The fourth-order valence-electron chi connectivity index (χ4n) is 8.35. The lowest BCUT2D eigenvalue weighted by Crippen LogP contribution is -2.56. The van der Waals surface area contributed by atoms with E-state index in [9.17, 15) is 33.6 Å². The van der Waals surface area contributed by atoms with Gasteiger partial charge in [-0.15, -0.1) is 0 Å². The number of nitrogens with one attached hydrogen (secondary N) is 1. The van der Waals surface area contributed by atoms with Gasteiger partial charge in [0.25, 0.3) is 0 Å². The zero-order chi connectivity index (χ0) is 42.9. The molecule has 3 unspecified atom stereocenters. The van der Waals surface area contributed by atoms with Crippen molar-refractivity contribution in [3.63, 3.8) is 0 Å². The van der Waals surface area contributed by atoms with E-state index in [1.807, 2.05) is 19.9 Å². The van der Waals surface area contributed by atoms with Gasteiger partial charge in [0, 0.05) is 29.3 Å². The van der Waals surface area contributed by atoms with Gasteiger partial charge in [-0.3, -0.25) is 19.3 Å². The van der Waals surface area contributed by atoms with Gasteiger partial charge >= 0.3 is 24.1 Å². The Kier molecular flexibility index (Phi) is 12.7. The number of hydrogen-bond acceptors (Lipinski definition) is 12. The zero-order valence-electron chi connectivity index (χ0n) is 35.1. The van der Waals surface area contributed by atoms with Gasteiger partial charge in [-0.1, -0.05) is 39.3 Å². The summed E-state index contributed by atoms with van der Waals surface area (Å²) in [4.78, 5) is 95.2. The number of methoxy groups -OCH3 is 1. The van der Waals surface area contributed by atoms with Crippen LogP contribution >= 0.6 is 0 Å². The van der Waals surface area contributed by atoms with Crippen molar-refractivity contribution in [2.24, 2.45) is 11.8 Å². The molecule has 1 aliphatic carbocycles. The summed E-state index contributed by atoms with van der Waals surface area (Å²) in [6, 6.07) is 5.79. The molecule has 4 aliphatic rings. The van der Waals surface area contributed by atoms with E-state index >= 15 is 0 Å². The normalized spacial score (nSPS) is 22.7. The molecule has 15 nitrogen and oxygen atoms in total. The average Bonchev–Trinajstić information content (AvgIpc) is 3.82. The Morgan fingerprint density at radius 3 is 2.36 bits per heavy atom. The molecule has 0 spiro atoms. The van der Waals surface area contributed by atoms with Gasteiger partial charge in [-0.2, -0.15) is 0 Å². The summed E-state index contributed by atoms with van der Waals surface area (Å²) in [5.41, 5.74) is 3.08. The first kappa shape index (κ1) is 43.1. The van der Waals surface area contributed by atoms with Crippen LogP contribution in [0.1, 0.15) is 112 Å². The highest BCUT2D eigenvalue weighted by Gasteiger charge is 2.45. The SMILES string of the molecule is CC[C@H]1CC(C(=O)OCC(=O)c2ccc3c(c2)COc2cc4c(cc2-3)CCC(OC(=O)[C@@H]2CC[C@H](C)N2C(=O)C(NC(=O)OC)C(C)C)C4=O)N(C(=O)OC(C)(C)C)C1. The molecule has 59 heavy (non-hydrogen) atoms. The summed E-state index contributed by atoms with van der Waals surface area (Å²) in [5.74, 6) is -2.20. The van der Waals surface area contributed by atoms with Crippen molar-refractivity contribution in [1.82, 2.24) is 15.1 Å². The van der Waals surface area contributed by atoms with Crippen molar-refractivity contribution in [3.05, 3.63) is 52.6 Å². The molecule has 2 fully saturated rings. The maximum Gasteiger partial charge on any atom is 0.411 e. The van der Waals surface area contributed by atoms with Crippen LogP contribution in [0.15, 0.2) is 30.3 Å². The molecule has 2 saturated heterocycles. The molecule has 2 aromatic rings. The Morgan fingerprint density at radius 2 is 1.68 bits per heavy atom. The number of likely N-dealkylation sites (tertiary alicyclic amines) is 2. The summed E-state index contributed by atoms with van der Waals surface area (Å²) in [7, 11) is 1.21. The predicted molar refractivity (Wildman–Crippen MR) is 213 cm³/mol. The van der Waals surface area contributed by atoms with E-state index in [0.717, 1.165) is 28.7 Å². The standard InChI is InChI=1S/C44H55N3O12/c1-9-25-16-33(46(20-25)43(54)59-44(5,6)7)40(51)57-22-34(48)27-11-13-29-28(17-27)21-56-36-19-30-26(18-31(29)36)12-15-35(38(30)49)58-41(52)32-14-10-24(4)47(32)39(50)37(23(2)3)45-42(53)55-8/h11,13,17-19,23-25,32-33,35,37H,9-10,12,14-16,20-22H2,1-8H3,(H,45,53)/t24-,25-,32-,33?,35?,37?/m0/s1. The smallest absolute Gasteiger partial charge is 0.411 e. The monoisotopic (exact) mass is 817 g/mol. The third-order valence-electron chi connectivity index (χ3n) is 11.6. The van der Waals surface area contributed by atoms with Crippen molar-refractivity contribution >= 4 is 41.6 Å². The highest BCUT2D eigenvalue weighted by atomic mass is 16.6. The van der Waals surface area contributed by atoms with Crippen LogP contribution in [0.25, 0.3) is 11.1 Å². The summed E-state index contributed by atoms with van der Waals surface area (Å²) >= 11 is 0. The molecule has 6 rings (SSSR count). The largest absolute Gasteiger partial charge is 0.488 e. The van der Waals surface area contributed by atoms with Crippen LogP contribution in [-0.2, 0) is 46.4 Å². The molecule has 0 saturated carbocycles. The number of carbonyl (C=O) groups is 7. The Morgan fingerprint density at radius 1 is 0.932 bits per heavy atom. The lowest BCUT2D eigenvalue weighted by molar-refractivity contribution is -0.158. The summed E-state index contributed by atoms with van der Waals surface area (Å²) < 4.78 is 27.6. The maximum absolute atomic E-state index is 13.8. The van der Waals surface area contributed by atoms with E-state index in [1.54, 1.807) is 58.9 Å². The van der Waals surface area contributed by atoms with Crippen LogP contribution in [0.4, 0.5) is 9.59 Å². The number of aryl methyl sites for hydroxylation is 1. The Bertz CT molecular complexity index is 2020. The molecule has 0 radical (unpaired) electrons. The molecule has 318 valence electrons. The van der Waals surface area contributed by atoms with Gasteiger partial charge in [-0.05, 0) is 107 Å². The summed E-state index contributed by atoms with van der Waals surface area (Å²) in [5, 5.41) is 2.57. The lowest BCUT2D eigenvalue weighted by atomic mass is 9.84. The molecule has 2 aromatic carbocycles. The minimum absolute atomic E-state index is 0.112. The van der Waals surface area contributed by atoms with Crippen molar-refractivity contribution in [1.29, 1.82) is 0 Å². The highest BCUT2D eigenvalue weighted by Crippen LogP contribution is 2.42. The van der Waals surface area contributed by atoms with Crippen LogP contribution in [0.5, 0.6) is 5.75 Å². The number of fused-ring (bicyclic) bond motifs is 4. The molecule has 3 heterocycles. The number of esters is 2. The van der Waals surface area contributed by atoms with Crippen molar-refractivity contribution in [3.8, 4) is 16.9 Å². The van der Waals surface area contributed by atoms with Crippen LogP contribution in [0, 0.1) is 11.8 Å². The molecule has 0 aromatic heterocycles. The van der Waals surface area contributed by atoms with Gasteiger partial charge in [-0.25, -0.2) is 19.2 Å². The number of alkyl carbamates (subject to hydrolysis) is 1. The molecule has 3 amide bonds. The van der Waals surface area contributed by atoms with Crippen molar-refractivity contribution in [2.75, 3.05) is 20.3 Å². The number of ketones is 2. The molecule has 1 N–H and O–H groups in total. The van der Waals surface area contributed by atoms with Gasteiger partial charge in [0.2, 0.25) is 11.7 Å². The van der Waals surface area contributed by atoms with Crippen molar-refractivity contribution < 1.29 is 57.2 Å². The van der Waals surface area contributed by atoms with Crippen LogP contribution in [0.3, 0.4) is 0 Å². The van der Waals surface area contributed by atoms with Crippen molar-refractivity contribution in [2.45, 2.75) is 129 Å². The van der Waals surface area contributed by atoms with Crippen LogP contribution in [0.2, 0.25) is 0 Å². The van der Waals surface area contributed by atoms with E-state index in [-0.39, 0.29) is 36.7 Å². The Hall–Kier alpha value is -5.47. The molecule has 6 atom stereocenters. The lowest BCUT2D eigenvalue weighted by Gasteiger charge is -2.33. The second-order valence-corrected chi connectivity index (χ2v) is 17.2. The maximum atomic E-state index is 13.8. The Balaban J connectivity index is 1.10. The van der Waals surface area contributed by atoms with Gasteiger partial charge < -0.3 is 33.9 Å². The number of Topliss-reactive ketones (excluding diaryl/α,β-unsaturated/α-hetero) is 2. The molecule has 0 bridgehead atoms. The Labute approximate surface area is 344 Å². The number of nitrogens with zero attached hydrogens (tertiary/aromatic N) is 2. The zero-order valence-corrected chi connectivity index (χ0v) is 35.1. The highest BCUT2D eigenvalue weighted by molar-refractivity contribution is 6.04. The number of ether oxygens (including phenoxy) is 5. The first-order valence-electron chi connectivity index (χ1n) is 20.4. The van der Waals surface area contributed by atoms with E-state index in [2.05, 4.69) is 5.32 Å². The fourth-order valence-corrected chi connectivity index (χ4v) is 8.35. The van der Waals surface area contributed by atoms with E-state index in [0.29, 0.717) is 49.1 Å². The molecular weight excluding hydrogens is 762 g/mol. The second kappa shape index (κ2) is 17.4. The quantitative estimate of drug-likeness (QED) is 0.173. The number of amides is 3. The van der Waals surface area contributed by atoms with E-state index in [1.165, 1.54) is 16.9 Å². The second-order valence-electron chi connectivity index (χ2n) is 17.2. The van der Waals surface area contributed by atoms with Gasteiger partial charge in [0.15, 0.2) is 18.5 Å². The fraction of sp³-hybridized carbons (Fsp3) is 0.568. The topological polar surface area (TPSA) is 184 Å². The number of benzene rings is 2. The summed E-state index contributed by atoms with van der Waals surface area (Å²) in [6.45, 7) is 12.7. The average molecular weight is 818 g/mol. The third kappa shape index (κ3) is 9.23. The van der Waals surface area contributed by atoms with Gasteiger partial charge in [0.05, 0.1) is 7.11 Å². The minimum Gasteiger partial charge on any atom is -0.488 e. The van der Waals surface area contributed by atoms with Gasteiger partial charge in [0.1, 0.15) is 36.1 Å². The first-order chi connectivity index (χ1) is 27.9. The number of carbonyl (C=O) groups excluding carboxylic acids is 7. The minimum atomic E-state index is -1.05. The van der Waals surface area contributed by atoms with Crippen LogP contribution in [-0.4, -0.2) is 108 Å². The number of hydrogen-bond donors (Lipinski definition) is 1.